The first-order valence-electron chi connectivity index (χ1n) is 6.78. The van der Waals surface area contributed by atoms with Crippen molar-refractivity contribution >= 4 is 16.5 Å². The van der Waals surface area contributed by atoms with E-state index in [-0.39, 0.29) is 41.3 Å². The first-order valence-corrected chi connectivity index (χ1v) is 11.6. The Bertz CT molecular complexity index is 495. The van der Waals surface area contributed by atoms with Crippen molar-refractivity contribution in [2.75, 3.05) is 0 Å². The minimum Gasteiger partial charge on any atom is -1.00 e. The van der Waals surface area contributed by atoms with Crippen LogP contribution in [0.4, 0.5) is 0 Å². The van der Waals surface area contributed by atoms with Crippen molar-refractivity contribution in [3.05, 3.63) is 41.5 Å². The summed E-state index contributed by atoms with van der Waals surface area (Å²) in [5.74, 6) is 0. The normalized spacial score (nSPS) is 16.1. The zero-order valence-electron chi connectivity index (χ0n) is 13.2. The number of nitrogens with one attached hydrogen (secondary N) is 1. The zero-order chi connectivity index (χ0) is 13.6. The summed E-state index contributed by atoms with van der Waals surface area (Å²) in [5, 5.41) is 4.98. The molecule has 1 nitrogen and oxygen atoms in total. The summed E-state index contributed by atoms with van der Waals surface area (Å²) >= 11 is -2.08. The van der Waals surface area contributed by atoms with Gasteiger partial charge in [0.25, 0.3) is 0 Å². The molecular weight excluding hydrogens is 353 g/mol. The van der Waals surface area contributed by atoms with Crippen LogP contribution < -0.4 is 28.6 Å². The molecule has 0 heterocycles. The average Bonchev–Trinajstić information content (AvgIpc) is 2.54. The van der Waals surface area contributed by atoms with Crippen molar-refractivity contribution in [3.8, 4) is 0 Å². The predicted octanol–water partition coefficient (Wildman–Crippen LogP) is -2.75. The maximum absolute atomic E-state index is 3.94. The van der Waals surface area contributed by atoms with Gasteiger partial charge in [0.2, 0.25) is 0 Å². The molecule has 1 N–H and O–H groups in total. The van der Waals surface area contributed by atoms with E-state index in [4.69, 9.17) is 0 Å². The molecule has 0 radical (unpaired) electrons. The summed E-state index contributed by atoms with van der Waals surface area (Å²) < 4.78 is 4.58. The molecule has 0 fully saturated rings. The van der Waals surface area contributed by atoms with Gasteiger partial charge >= 0.3 is 116 Å². The molecule has 1 unspecified atom stereocenters. The van der Waals surface area contributed by atoms with Gasteiger partial charge in [-0.05, 0) is 11.0 Å². The minimum absolute atomic E-state index is 0. The molecule has 2 rings (SSSR count). The molecule has 0 saturated heterocycles. The smallest absolute Gasteiger partial charge is 0.0149 e. The second-order valence-electron chi connectivity index (χ2n) is 7.01. The van der Waals surface area contributed by atoms with Gasteiger partial charge in [0, 0.05) is 0 Å². The molecule has 0 aliphatic heterocycles. The molecule has 0 spiro atoms. The summed E-state index contributed by atoms with van der Waals surface area (Å²) in [6.07, 6.45) is 2.49. The van der Waals surface area contributed by atoms with E-state index in [0.717, 1.165) is 0 Å². The molecule has 1 aliphatic carbocycles. The van der Waals surface area contributed by atoms with Crippen molar-refractivity contribution in [1.29, 1.82) is 0 Å². The Morgan fingerprint density at radius 3 is 2.10 bits per heavy atom. The molecule has 21 heavy (non-hydrogen) atoms. The van der Waals surface area contributed by atoms with Crippen molar-refractivity contribution in [2.45, 2.75) is 47.9 Å². The fourth-order valence-corrected chi connectivity index (χ4v) is 9.11. The van der Waals surface area contributed by atoms with Crippen molar-refractivity contribution in [2.24, 2.45) is 0 Å². The molecule has 1 aromatic rings. The third kappa shape index (κ3) is 5.53. The van der Waals surface area contributed by atoms with Crippen LogP contribution in [0, 0.1) is 0 Å². The van der Waals surface area contributed by atoms with Crippen LogP contribution in [0.1, 0.15) is 43.0 Å². The number of halogens is 2. The van der Waals surface area contributed by atoms with Crippen LogP contribution in [0.3, 0.4) is 0 Å². The third-order valence-electron chi connectivity index (χ3n) is 3.61. The molecule has 5 heteroatoms. The van der Waals surface area contributed by atoms with E-state index in [0.29, 0.717) is 4.22 Å². The second-order valence-corrected chi connectivity index (χ2v) is 13.7. The van der Waals surface area contributed by atoms with Crippen LogP contribution in [-0.2, 0) is 16.8 Å². The van der Waals surface area contributed by atoms with Gasteiger partial charge in [0.1, 0.15) is 0 Å². The van der Waals surface area contributed by atoms with Crippen molar-refractivity contribution in [1.82, 2.24) is 3.80 Å². The van der Waals surface area contributed by atoms with E-state index in [1.807, 2.05) is 0 Å². The summed E-state index contributed by atoms with van der Waals surface area (Å²) in [5.41, 5.74) is 4.65. The van der Waals surface area contributed by atoms with Gasteiger partial charge in [0.05, 0.1) is 0 Å². The van der Waals surface area contributed by atoms with Gasteiger partial charge in [-0.25, -0.2) is 0 Å². The number of hydrogen-bond acceptors (Lipinski definition) is 1. The van der Waals surface area contributed by atoms with Gasteiger partial charge in [-0.1, -0.05) is 0 Å². The van der Waals surface area contributed by atoms with Gasteiger partial charge in [-0.3, -0.25) is 0 Å². The van der Waals surface area contributed by atoms with E-state index in [2.05, 4.69) is 72.3 Å². The summed E-state index contributed by atoms with van der Waals surface area (Å²) in [4.78, 5) is 0. The van der Waals surface area contributed by atoms with Crippen molar-refractivity contribution < 1.29 is 41.7 Å². The average molecular weight is 382 g/mol. The number of rotatable bonds is 2. The second kappa shape index (κ2) is 8.33. The molecule has 0 bridgehead atoms. The van der Waals surface area contributed by atoms with Crippen LogP contribution >= 0.6 is 0 Å². The number of allylic oxidation sites excluding steroid dienone is 2. The minimum atomic E-state index is -2.08. The Hall–Kier alpha value is 0.431. The number of fused-ring (bicyclic) bond motifs is 1. The van der Waals surface area contributed by atoms with E-state index in [1.165, 1.54) is 16.7 Å². The van der Waals surface area contributed by atoms with Crippen LogP contribution in [0.25, 0.3) is 5.57 Å². The van der Waals surface area contributed by atoms with Crippen LogP contribution in [0.15, 0.2) is 30.3 Å². The largest absolute Gasteiger partial charge is 1.00 e. The summed E-state index contributed by atoms with van der Waals surface area (Å²) in [6.45, 7) is 9.07. The van der Waals surface area contributed by atoms with E-state index in [1.54, 1.807) is 0 Å². The van der Waals surface area contributed by atoms with E-state index < -0.39 is 16.8 Å². The molecule has 1 aliphatic rings. The number of benzene rings is 1. The Kier molecular flexibility index (Phi) is 9.40. The summed E-state index contributed by atoms with van der Waals surface area (Å²) in [7, 11) is 0. The standard InChI is InChI=1S/C10H9.C4H10N.2CH3.2ClH.H4Si.Ti/c1-8-6-7-9-4-2-3-5-10(8)9;1-4(2,3)5;;;;;;/h2-7H,1H3;5H,1-3H3;2*1H3;2*1H;1H4;/q;-1;;;;;;+3/p-2. The fourth-order valence-electron chi connectivity index (χ4n) is 3.20. The van der Waals surface area contributed by atoms with E-state index >= 15 is 0 Å². The van der Waals surface area contributed by atoms with Crippen molar-refractivity contribution in [3.63, 3.8) is 0 Å². The molecular formula is C16H29Cl2NSiTi. The SMILES string of the molecule is CC1=C[CH]([Ti+2]([CH3])([CH3])[NH]C(C)(C)C)c2ccccc21.[Cl-].[Cl-].[SiH4]. The van der Waals surface area contributed by atoms with Gasteiger partial charge in [-0.15, -0.1) is 0 Å². The van der Waals surface area contributed by atoms with Gasteiger partial charge < -0.3 is 24.8 Å². The van der Waals surface area contributed by atoms with Crippen LogP contribution in [0.5, 0.6) is 0 Å². The Morgan fingerprint density at radius 2 is 1.57 bits per heavy atom. The zero-order valence-corrected chi connectivity index (χ0v) is 16.3. The third-order valence-corrected chi connectivity index (χ3v) is 8.96. The molecule has 120 valence electrons. The van der Waals surface area contributed by atoms with Crippen LogP contribution in [0.2, 0.25) is 10.5 Å². The summed E-state index contributed by atoms with van der Waals surface area (Å²) in [6, 6.07) is 8.89. The van der Waals surface area contributed by atoms with Crippen LogP contribution in [-0.4, -0.2) is 16.5 Å². The first-order chi connectivity index (χ1) is 8.21. The quantitative estimate of drug-likeness (QED) is 0.548. The maximum Gasteiger partial charge on any atom is -0.0149 e. The Labute approximate surface area is 150 Å². The molecule has 0 aromatic heterocycles. The molecule has 1 aromatic carbocycles. The first kappa shape index (κ1) is 23.7. The predicted molar refractivity (Wildman–Crippen MR) is 88.8 cm³/mol. The maximum atomic E-state index is 3.94. The Morgan fingerprint density at radius 1 is 1.05 bits per heavy atom. The number of hydrogen-bond donors (Lipinski definition) is 1. The molecule has 0 amide bonds. The Balaban J connectivity index is 0. The van der Waals surface area contributed by atoms with E-state index in [9.17, 15) is 0 Å². The molecule has 1 atom stereocenters. The topological polar surface area (TPSA) is 12.0 Å². The molecule has 0 saturated carbocycles. The monoisotopic (exact) mass is 381 g/mol. The van der Waals surface area contributed by atoms with Gasteiger partial charge in [-0.2, -0.15) is 0 Å². The van der Waals surface area contributed by atoms with Gasteiger partial charge in [0.15, 0.2) is 0 Å². The fraction of sp³-hybridized carbons (Fsp3) is 0.500.